The van der Waals surface area contributed by atoms with Crippen molar-refractivity contribution in [2.45, 2.75) is 18.0 Å². The minimum absolute atomic E-state index is 0.130. The monoisotopic (exact) mass is 444 g/mol. The highest BCUT2D eigenvalue weighted by molar-refractivity contribution is 7.99. The molecule has 2 aromatic carbocycles. The number of carbonyl (C=O) groups excluding carboxylic acids is 1. The van der Waals surface area contributed by atoms with Gasteiger partial charge in [-0.2, -0.15) is 0 Å². The van der Waals surface area contributed by atoms with E-state index < -0.39 is 0 Å². The molecular formula is C21H21ClN4O3S. The lowest BCUT2D eigenvalue weighted by molar-refractivity contribution is -0.113. The molecule has 4 rings (SSSR count). The Labute approximate surface area is 183 Å². The molecule has 0 fully saturated rings. The lowest BCUT2D eigenvalue weighted by atomic mass is 10.1. The normalized spacial score (nSPS) is 13.0. The van der Waals surface area contributed by atoms with Crippen LogP contribution in [-0.2, 0) is 18.3 Å². The summed E-state index contributed by atoms with van der Waals surface area (Å²) >= 11 is 7.28. The number of amides is 1. The largest absolute Gasteiger partial charge is 0.490 e. The molecule has 1 aliphatic rings. The third-order valence-electron chi connectivity index (χ3n) is 4.54. The molecule has 2 heterocycles. The van der Waals surface area contributed by atoms with Gasteiger partial charge in [-0.25, -0.2) is 0 Å². The highest BCUT2D eigenvalue weighted by atomic mass is 35.5. The second-order valence-electron chi connectivity index (χ2n) is 6.81. The molecule has 1 amide bonds. The molecule has 0 aliphatic carbocycles. The van der Waals surface area contributed by atoms with Gasteiger partial charge in [0.25, 0.3) is 0 Å². The maximum absolute atomic E-state index is 12.2. The lowest BCUT2D eigenvalue weighted by Crippen LogP contribution is -2.14. The number of hydrogen-bond donors (Lipinski definition) is 1. The van der Waals surface area contributed by atoms with Crippen molar-refractivity contribution in [2.24, 2.45) is 7.05 Å². The summed E-state index contributed by atoms with van der Waals surface area (Å²) in [6.45, 7) is 1.32. The molecule has 0 unspecified atom stereocenters. The van der Waals surface area contributed by atoms with Crippen molar-refractivity contribution in [1.82, 2.24) is 14.8 Å². The van der Waals surface area contributed by atoms with E-state index in [4.69, 9.17) is 21.1 Å². The summed E-state index contributed by atoms with van der Waals surface area (Å²) in [7, 11) is 1.90. The lowest BCUT2D eigenvalue weighted by Gasteiger charge is -2.09. The zero-order chi connectivity index (χ0) is 20.9. The molecule has 3 aromatic rings. The van der Waals surface area contributed by atoms with Gasteiger partial charge >= 0.3 is 0 Å². The summed E-state index contributed by atoms with van der Waals surface area (Å²) in [6, 6.07) is 13.0. The van der Waals surface area contributed by atoms with Crippen molar-refractivity contribution >= 4 is 35.0 Å². The number of anilines is 1. The van der Waals surface area contributed by atoms with Crippen LogP contribution in [0, 0.1) is 0 Å². The van der Waals surface area contributed by atoms with Crippen LogP contribution >= 0.6 is 23.4 Å². The smallest absolute Gasteiger partial charge is 0.234 e. The van der Waals surface area contributed by atoms with Gasteiger partial charge in [-0.15, -0.1) is 10.2 Å². The Morgan fingerprint density at radius 2 is 2.00 bits per heavy atom. The van der Waals surface area contributed by atoms with Gasteiger partial charge in [-0.3, -0.25) is 4.79 Å². The first-order valence-electron chi connectivity index (χ1n) is 9.53. The molecule has 0 atom stereocenters. The van der Waals surface area contributed by atoms with E-state index in [0.717, 1.165) is 29.3 Å². The molecule has 9 heteroatoms. The summed E-state index contributed by atoms with van der Waals surface area (Å²) in [5.74, 6) is 2.44. The Kier molecular flexibility index (Phi) is 6.44. The fourth-order valence-electron chi connectivity index (χ4n) is 3.02. The summed E-state index contributed by atoms with van der Waals surface area (Å²) in [5.41, 5.74) is 1.73. The number of nitrogens with one attached hydrogen (secondary N) is 1. The molecule has 0 saturated heterocycles. The van der Waals surface area contributed by atoms with Crippen LogP contribution in [0.1, 0.15) is 17.8 Å². The van der Waals surface area contributed by atoms with Gasteiger partial charge in [-0.05, 0) is 35.9 Å². The number of hydrogen-bond acceptors (Lipinski definition) is 6. The van der Waals surface area contributed by atoms with Gasteiger partial charge in [0.15, 0.2) is 16.7 Å². The first-order chi connectivity index (χ1) is 14.6. The van der Waals surface area contributed by atoms with E-state index in [1.54, 1.807) is 24.3 Å². The molecular weight excluding hydrogens is 424 g/mol. The number of thioether (sulfide) groups is 1. The number of rotatable bonds is 6. The van der Waals surface area contributed by atoms with Crippen molar-refractivity contribution < 1.29 is 14.3 Å². The van der Waals surface area contributed by atoms with E-state index in [-0.39, 0.29) is 11.7 Å². The first kappa shape index (κ1) is 20.6. The van der Waals surface area contributed by atoms with Gasteiger partial charge in [-0.1, -0.05) is 35.5 Å². The van der Waals surface area contributed by atoms with Crippen molar-refractivity contribution in [1.29, 1.82) is 0 Å². The Hall–Kier alpha value is -2.71. The third kappa shape index (κ3) is 5.06. The molecule has 156 valence electrons. The maximum atomic E-state index is 12.2. The van der Waals surface area contributed by atoms with Crippen LogP contribution in [0.3, 0.4) is 0 Å². The SMILES string of the molecule is Cn1c(Cc2ccc3c(c2)OCCCO3)nnc1SCC(=O)Nc1cccc(Cl)c1. The highest BCUT2D eigenvalue weighted by Crippen LogP contribution is 2.31. The predicted octanol–water partition coefficient (Wildman–Crippen LogP) is 3.95. The molecule has 0 saturated carbocycles. The fourth-order valence-corrected chi connectivity index (χ4v) is 3.94. The van der Waals surface area contributed by atoms with Gasteiger partial charge in [0.1, 0.15) is 5.82 Å². The van der Waals surface area contributed by atoms with E-state index in [1.165, 1.54) is 11.8 Å². The maximum Gasteiger partial charge on any atom is 0.234 e. The summed E-state index contributed by atoms with van der Waals surface area (Å²) in [6.07, 6.45) is 1.48. The molecule has 0 bridgehead atoms. The Morgan fingerprint density at radius 3 is 2.83 bits per heavy atom. The minimum atomic E-state index is -0.130. The van der Waals surface area contributed by atoms with Crippen LogP contribution in [0.2, 0.25) is 5.02 Å². The van der Waals surface area contributed by atoms with Crippen LogP contribution in [0.15, 0.2) is 47.6 Å². The number of halogens is 1. The standard InChI is InChI=1S/C21H21ClN4O3S/c1-26-19(11-14-6-7-17-18(10-14)29-9-3-8-28-17)24-25-21(26)30-13-20(27)23-16-5-2-4-15(22)12-16/h2,4-7,10,12H,3,8-9,11,13H2,1H3,(H,23,27). The molecule has 30 heavy (non-hydrogen) atoms. The zero-order valence-corrected chi connectivity index (χ0v) is 18.0. The Bertz CT molecular complexity index is 1060. The van der Waals surface area contributed by atoms with Crippen molar-refractivity contribution in [3.63, 3.8) is 0 Å². The predicted molar refractivity (Wildman–Crippen MR) is 117 cm³/mol. The number of aromatic nitrogens is 3. The van der Waals surface area contributed by atoms with E-state index >= 15 is 0 Å². The molecule has 1 aromatic heterocycles. The molecule has 0 spiro atoms. The summed E-state index contributed by atoms with van der Waals surface area (Å²) < 4.78 is 13.3. The number of nitrogens with zero attached hydrogens (tertiary/aromatic N) is 3. The highest BCUT2D eigenvalue weighted by Gasteiger charge is 2.15. The number of carbonyl (C=O) groups is 1. The summed E-state index contributed by atoms with van der Waals surface area (Å²) in [5, 5.41) is 12.6. The van der Waals surface area contributed by atoms with Crippen molar-refractivity contribution in [3.8, 4) is 11.5 Å². The van der Waals surface area contributed by atoms with E-state index in [0.29, 0.717) is 35.5 Å². The molecule has 7 nitrogen and oxygen atoms in total. The fraction of sp³-hybridized carbons (Fsp3) is 0.286. The van der Waals surface area contributed by atoms with E-state index in [9.17, 15) is 4.79 Å². The first-order valence-corrected chi connectivity index (χ1v) is 10.9. The average molecular weight is 445 g/mol. The Balaban J connectivity index is 1.37. The van der Waals surface area contributed by atoms with Gasteiger partial charge in [0.2, 0.25) is 5.91 Å². The zero-order valence-electron chi connectivity index (χ0n) is 16.4. The second kappa shape index (κ2) is 9.40. The Morgan fingerprint density at radius 1 is 1.17 bits per heavy atom. The molecule has 1 aliphatic heterocycles. The number of ether oxygens (including phenoxy) is 2. The van der Waals surface area contributed by atoms with Crippen LogP contribution < -0.4 is 14.8 Å². The van der Waals surface area contributed by atoms with Crippen LogP contribution in [0.25, 0.3) is 0 Å². The van der Waals surface area contributed by atoms with Crippen molar-refractivity contribution in [3.05, 3.63) is 58.9 Å². The van der Waals surface area contributed by atoms with E-state index in [1.807, 2.05) is 29.8 Å². The van der Waals surface area contributed by atoms with Crippen LogP contribution in [0.4, 0.5) is 5.69 Å². The topological polar surface area (TPSA) is 78.3 Å². The number of benzene rings is 2. The summed E-state index contributed by atoms with van der Waals surface area (Å²) in [4.78, 5) is 12.2. The van der Waals surface area contributed by atoms with Gasteiger partial charge < -0.3 is 19.4 Å². The van der Waals surface area contributed by atoms with E-state index in [2.05, 4.69) is 15.5 Å². The van der Waals surface area contributed by atoms with Crippen molar-refractivity contribution in [2.75, 3.05) is 24.3 Å². The second-order valence-corrected chi connectivity index (χ2v) is 8.19. The third-order valence-corrected chi connectivity index (χ3v) is 5.80. The van der Waals surface area contributed by atoms with Gasteiger partial charge in [0.05, 0.1) is 19.0 Å². The van der Waals surface area contributed by atoms with Crippen LogP contribution in [0.5, 0.6) is 11.5 Å². The molecule has 1 N–H and O–H groups in total. The average Bonchev–Trinajstić information content (AvgIpc) is 2.92. The quantitative estimate of drug-likeness (QED) is 0.580. The minimum Gasteiger partial charge on any atom is -0.490 e. The number of fused-ring (bicyclic) bond motifs is 1. The molecule has 0 radical (unpaired) electrons. The van der Waals surface area contributed by atoms with Gasteiger partial charge in [0, 0.05) is 30.6 Å². The van der Waals surface area contributed by atoms with Crippen LogP contribution in [-0.4, -0.2) is 39.6 Å².